The maximum Gasteiger partial charge on any atom is 0.338 e. The molecule has 2 aromatic carbocycles. The highest BCUT2D eigenvalue weighted by molar-refractivity contribution is 6.35. The van der Waals surface area contributed by atoms with Crippen molar-refractivity contribution in [2.24, 2.45) is 0 Å². The highest BCUT2D eigenvalue weighted by Crippen LogP contribution is 2.33. The molecule has 9 nitrogen and oxygen atoms in total. The minimum absolute atomic E-state index is 0.127. The molecule has 1 amide bonds. The van der Waals surface area contributed by atoms with Crippen LogP contribution in [0.5, 0.6) is 0 Å². The summed E-state index contributed by atoms with van der Waals surface area (Å²) < 4.78 is 20.0. The van der Waals surface area contributed by atoms with Crippen LogP contribution in [0.4, 0.5) is 21.5 Å². The van der Waals surface area contributed by atoms with E-state index in [0.29, 0.717) is 24.5 Å². The van der Waals surface area contributed by atoms with Crippen LogP contribution in [0.2, 0.25) is 5.02 Å². The Bertz CT molecular complexity index is 1210. The first-order chi connectivity index (χ1) is 17.7. The number of esters is 1. The van der Waals surface area contributed by atoms with Crippen LogP contribution in [0.1, 0.15) is 58.4 Å². The van der Waals surface area contributed by atoms with Gasteiger partial charge in [0.05, 0.1) is 32.4 Å². The third kappa shape index (κ3) is 6.02. The fourth-order valence-corrected chi connectivity index (χ4v) is 4.95. The zero-order valence-electron chi connectivity index (χ0n) is 20.9. The summed E-state index contributed by atoms with van der Waals surface area (Å²) in [5, 5.41) is 13.9. The van der Waals surface area contributed by atoms with E-state index in [1.54, 1.807) is 18.2 Å². The zero-order chi connectivity index (χ0) is 26.7. The molecule has 37 heavy (non-hydrogen) atoms. The molecule has 0 unspecified atom stereocenters. The lowest BCUT2D eigenvalue weighted by Gasteiger charge is -2.35. The maximum absolute atomic E-state index is 14.3. The van der Waals surface area contributed by atoms with Gasteiger partial charge in [-0.25, -0.2) is 4.79 Å². The van der Waals surface area contributed by atoms with Crippen molar-refractivity contribution in [2.75, 3.05) is 43.4 Å². The smallest absolute Gasteiger partial charge is 0.338 e. The van der Waals surface area contributed by atoms with Crippen molar-refractivity contribution in [3.63, 3.8) is 0 Å². The normalized spacial score (nSPS) is 16.9. The molecule has 0 spiro atoms. The Morgan fingerprint density at radius 2 is 1.81 bits per heavy atom. The second-order valence-electron chi connectivity index (χ2n) is 9.60. The van der Waals surface area contributed by atoms with Gasteiger partial charge in [-0.3, -0.25) is 14.9 Å². The van der Waals surface area contributed by atoms with E-state index in [2.05, 4.69) is 15.1 Å². The minimum atomic E-state index is -1.09. The molecule has 2 aliphatic rings. The molecule has 4 rings (SSSR count). The van der Waals surface area contributed by atoms with Gasteiger partial charge in [0, 0.05) is 37.8 Å². The summed E-state index contributed by atoms with van der Waals surface area (Å²) in [7, 11) is 2.02. The number of nitro benzene ring substituents is 1. The highest BCUT2D eigenvalue weighted by Gasteiger charge is 2.27. The average Bonchev–Trinajstić information content (AvgIpc) is 2.88. The van der Waals surface area contributed by atoms with Crippen molar-refractivity contribution in [3.8, 4) is 0 Å². The number of nitrogens with one attached hydrogen (secondary N) is 1. The summed E-state index contributed by atoms with van der Waals surface area (Å²) in [5.74, 6) is -2.31. The minimum Gasteiger partial charge on any atom is -0.459 e. The zero-order valence-corrected chi connectivity index (χ0v) is 21.6. The van der Waals surface area contributed by atoms with E-state index in [0.717, 1.165) is 51.3 Å². The third-order valence-electron chi connectivity index (χ3n) is 6.99. The molecule has 1 N–H and O–H groups in total. The molecule has 11 heteroatoms. The number of likely N-dealkylation sites (N-methyl/N-ethyl adjacent to an activating group) is 1. The SMILES string of the molecule is Cc1c(F)c([N+](=O)[O-])cc(C(=O)Nc2cc(C(=O)OC3CCCCC3)ccc2N2CCN(C)CC2)c1Cl. The second-order valence-corrected chi connectivity index (χ2v) is 9.97. The monoisotopic (exact) mass is 532 g/mol. The number of hydrogen-bond donors (Lipinski definition) is 1. The van der Waals surface area contributed by atoms with E-state index in [4.69, 9.17) is 16.3 Å². The molecule has 1 heterocycles. The topological polar surface area (TPSA) is 105 Å². The van der Waals surface area contributed by atoms with Crippen molar-refractivity contribution in [2.45, 2.75) is 45.1 Å². The molecule has 1 aliphatic heterocycles. The van der Waals surface area contributed by atoms with Crippen LogP contribution in [0.3, 0.4) is 0 Å². The van der Waals surface area contributed by atoms with Crippen LogP contribution >= 0.6 is 11.6 Å². The summed E-state index contributed by atoms with van der Waals surface area (Å²) in [5.41, 5.74) is 0.0626. The van der Waals surface area contributed by atoms with Crippen molar-refractivity contribution in [1.82, 2.24) is 4.90 Å². The van der Waals surface area contributed by atoms with Gasteiger partial charge >= 0.3 is 11.7 Å². The molecular formula is C26H30ClFN4O5. The number of halogens is 2. The molecule has 198 valence electrons. The number of anilines is 2. The van der Waals surface area contributed by atoms with Gasteiger partial charge in [-0.1, -0.05) is 18.0 Å². The van der Waals surface area contributed by atoms with E-state index in [1.165, 1.54) is 6.92 Å². The lowest BCUT2D eigenvalue weighted by molar-refractivity contribution is -0.387. The van der Waals surface area contributed by atoms with Crippen molar-refractivity contribution >= 4 is 40.5 Å². The molecule has 1 aliphatic carbocycles. The van der Waals surface area contributed by atoms with Crippen LogP contribution in [0, 0.1) is 22.9 Å². The number of amides is 1. The van der Waals surface area contributed by atoms with Gasteiger partial charge in [0.2, 0.25) is 5.82 Å². The number of rotatable bonds is 6. The highest BCUT2D eigenvalue weighted by atomic mass is 35.5. The van der Waals surface area contributed by atoms with Crippen LogP contribution < -0.4 is 10.2 Å². The number of nitro groups is 1. The summed E-state index contributed by atoms with van der Waals surface area (Å²) in [6.07, 6.45) is 4.70. The first-order valence-corrected chi connectivity index (χ1v) is 12.8. The Hall–Kier alpha value is -3.24. The first-order valence-electron chi connectivity index (χ1n) is 12.4. The van der Waals surface area contributed by atoms with Crippen LogP contribution in [0.25, 0.3) is 0 Å². The largest absolute Gasteiger partial charge is 0.459 e. The number of hydrogen-bond acceptors (Lipinski definition) is 7. The average molecular weight is 533 g/mol. The predicted molar refractivity (Wildman–Crippen MR) is 139 cm³/mol. The molecule has 2 aromatic rings. The quantitative estimate of drug-likeness (QED) is 0.310. The molecule has 0 bridgehead atoms. The Kier molecular flexibility index (Phi) is 8.29. The lowest BCUT2D eigenvalue weighted by atomic mass is 9.98. The third-order valence-corrected chi connectivity index (χ3v) is 7.48. The van der Waals surface area contributed by atoms with Crippen molar-refractivity contribution < 1.29 is 23.6 Å². The van der Waals surface area contributed by atoms with E-state index in [-0.39, 0.29) is 27.8 Å². The fraction of sp³-hybridized carbons (Fsp3) is 0.462. The maximum atomic E-state index is 14.3. The lowest BCUT2D eigenvalue weighted by Crippen LogP contribution is -2.44. The summed E-state index contributed by atoms with van der Waals surface area (Å²) in [4.78, 5) is 40.9. The first kappa shape index (κ1) is 26.8. The van der Waals surface area contributed by atoms with Gasteiger partial charge in [0.15, 0.2) is 0 Å². The fourth-order valence-electron chi connectivity index (χ4n) is 4.73. The number of benzene rings is 2. The van der Waals surface area contributed by atoms with Gasteiger partial charge in [0.1, 0.15) is 6.10 Å². The molecule has 0 radical (unpaired) electrons. The van der Waals surface area contributed by atoms with Gasteiger partial charge in [-0.15, -0.1) is 0 Å². The Morgan fingerprint density at radius 1 is 1.14 bits per heavy atom. The molecule has 0 aromatic heterocycles. The number of piperazine rings is 1. The molecule has 2 fully saturated rings. The van der Waals surface area contributed by atoms with Gasteiger partial charge in [-0.2, -0.15) is 4.39 Å². The van der Waals surface area contributed by atoms with E-state index in [9.17, 15) is 24.1 Å². The second kappa shape index (κ2) is 11.4. The van der Waals surface area contributed by atoms with E-state index >= 15 is 0 Å². The number of carbonyl (C=O) groups excluding carboxylic acids is 2. The number of nitrogens with zero attached hydrogens (tertiary/aromatic N) is 3. The summed E-state index contributed by atoms with van der Waals surface area (Å²) in [6, 6.07) is 5.82. The van der Waals surface area contributed by atoms with Crippen LogP contribution in [0.15, 0.2) is 24.3 Å². The molecular weight excluding hydrogens is 503 g/mol. The van der Waals surface area contributed by atoms with Gasteiger partial charge in [-0.05, 0) is 57.9 Å². The van der Waals surface area contributed by atoms with Gasteiger partial charge < -0.3 is 19.9 Å². The van der Waals surface area contributed by atoms with Crippen LogP contribution in [-0.4, -0.2) is 61.0 Å². The van der Waals surface area contributed by atoms with Crippen molar-refractivity contribution in [3.05, 3.63) is 61.9 Å². The Balaban J connectivity index is 1.66. The standard InChI is InChI=1S/C26H30ClFN4O5/c1-16-23(27)19(15-22(24(16)28)32(35)36)25(33)29-20-14-17(26(34)37-18-6-4-3-5-7-18)8-9-21(20)31-12-10-30(2)11-13-31/h8-9,14-15,18H,3-7,10-13H2,1-2H3,(H,29,33). The Labute approximate surface area is 219 Å². The van der Waals surface area contributed by atoms with Crippen molar-refractivity contribution in [1.29, 1.82) is 0 Å². The van der Waals surface area contributed by atoms with Crippen LogP contribution in [-0.2, 0) is 4.74 Å². The van der Waals surface area contributed by atoms with Gasteiger partial charge in [0.25, 0.3) is 5.91 Å². The molecule has 1 saturated heterocycles. The summed E-state index contributed by atoms with van der Waals surface area (Å²) >= 11 is 6.22. The molecule has 1 saturated carbocycles. The summed E-state index contributed by atoms with van der Waals surface area (Å²) in [6.45, 7) is 4.31. The predicted octanol–water partition coefficient (Wildman–Crippen LogP) is 5.19. The van der Waals surface area contributed by atoms with E-state index < -0.39 is 28.3 Å². The van der Waals surface area contributed by atoms with E-state index in [1.807, 2.05) is 7.05 Å². The Morgan fingerprint density at radius 3 is 2.46 bits per heavy atom. The molecule has 0 atom stereocenters. The number of ether oxygens (including phenoxy) is 1. The number of carbonyl (C=O) groups is 2.